The second kappa shape index (κ2) is 10.6. The van der Waals surface area contributed by atoms with Gasteiger partial charge in [-0.25, -0.2) is 4.79 Å². The van der Waals surface area contributed by atoms with Crippen molar-refractivity contribution in [3.05, 3.63) is 65.7 Å². The van der Waals surface area contributed by atoms with E-state index in [0.29, 0.717) is 18.5 Å². The molecule has 0 spiro atoms. The summed E-state index contributed by atoms with van der Waals surface area (Å²) in [6.45, 7) is -0.0565. The van der Waals surface area contributed by atoms with Crippen molar-refractivity contribution < 1.29 is 23.9 Å². The van der Waals surface area contributed by atoms with Crippen LogP contribution in [0.15, 0.2) is 54.6 Å². The smallest absolute Gasteiger partial charge is 0.407 e. The molecular formula is C20H22N2O5. The molecule has 2 N–H and O–H groups in total. The summed E-state index contributed by atoms with van der Waals surface area (Å²) in [6, 6.07) is 16.4. The van der Waals surface area contributed by atoms with Gasteiger partial charge in [0, 0.05) is 12.1 Å². The Morgan fingerprint density at radius 2 is 1.63 bits per heavy atom. The molecule has 0 aliphatic carbocycles. The van der Waals surface area contributed by atoms with Crippen molar-refractivity contribution in [2.45, 2.75) is 19.4 Å². The maximum atomic E-state index is 11.9. The first-order valence-corrected chi connectivity index (χ1v) is 8.47. The van der Waals surface area contributed by atoms with Crippen LogP contribution in [0.5, 0.6) is 0 Å². The van der Waals surface area contributed by atoms with E-state index in [0.717, 1.165) is 11.1 Å². The van der Waals surface area contributed by atoms with Crippen LogP contribution in [0.4, 0.5) is 10.5 Å². The summed E-state index contributed by atoms with van der Waals surface area (Å²) in [5.74, 6) is -0.633. The van der Waals surface area contributed by atoms with Crippen LogP contribution >= 0.6 is 0 Å². The highest BCUT2D eigenvalue weighted by atomic mass is 16.5. The quantitative estimate of drug-likeness (QED) is 0.697. The Bertz CT molecular complexity index is 760. The summed E-state index contributed by atoms with van der Waals surface area (Å²) in [5.41, 5.74) is 2.42. The van der Waals surface area contributed by atoms with Gasteiger partial charge in [0.15, 0.2) is 0 Å². The first-order chi connectivity index (χ1) is 13.1. The molecule has 27 heavy (non-hydrogen) atoms. The number of esters is 1. The molecule has 0 bridgehead atoms. The Balaban J connectivity index is 1.68. The van der Waals surface area contributed by atoms with E-state index in [1.165, 1.54) is 7.11 Å². The molecule has 0 saturated carbocycles. The van der Waals surface area contributed by atoms with Gasteiger partial charge in [0.2, 0.25) is 5.91 Å². The van der Waals surface area contributed by atoms with Crippen LogP contribution in [0.1, 0.15) is 17.5 Å². The molecule has 142 valence electrons. The second-order valence-corrected chi connectivity index (χ2v) is 5.74. The van der Waals surface area contributed by atoms with Crippen molar-refractivity contribution >= 4 is 23.7 Å². The van der Waals surface area contributed by atoms with Gasteiger partial charge in [-0.3, -0.25) is 9.59 Å². The molecule has 0 radical (unpaired) electrons. The van der Waals surface area contributed by atoms with Crippen LogP contribution in [-0.2, 0) is 32.1 Å². The first kappa shape index (κ1) is 20.0. The molecule has 0 atom stereocenters. The number of ether oxygens (including phenoxy) is 2. The Morgan fingerprint density at radius 1 is 0.926 bits per heavy atom. The van der Waals surface area contributed by atoms with Crippen LogP contribution in [0, 0.1) is 0 Å². The zero-order valence-electron chi connectivity index (χ0n) is 15.1. The summed E-state index contributed by atoms with van der Waals surface area (Å²) in [5, 5.41) is 5.07. The van der Waals surface area contributed by atoms with Gasteiger partial charge < -0.3 is 20.1 Å². The monoisotopic (exact) mass is 370 g/mol. The number of hydrogen-bond donors (Lipinski definition) is 2. The molecule has 0 saturated heterocycles. The Hall–Kier alpha value is -3.35. The van der Waals surface area contributed by atoms with Crippen LogP contribution in [0.25, 0.3) is 0 Å². The minimum atomic E-state index is -0.660. The molecule has 2 aromatic carbocycles. The minimum Gasteiger partial charge on any atom is -0.469 e. The van der Waals surface area contributed by atoms with Gasteiger partial charge in [0.1, 0.15) is 13.2 Å². The van der Waals surface area contributed by atoms with Gasteiger partial charge in [-0.2, -0.15) is 0 Å². The van der Waals surface area contributed by atoms with Gasteiger partial charge in [-0.15, -0.1) is 0 Å². The molecule has 0 aliphatic heterocycles. The fourth-order valence-electron chi connectivity index (χ4n) is 2.23. The van der Waals surface area contributed by atoms with Crippen LogP contribution in [0.3, 0.4) is 0 Å². The average molecular weight is 370 g/mol. The van der Waals surface area contributed by atoms with Crippen LogP contribution in [0.2, 0.25) is 0 Å². The molecule has 0 aromatic heterocycles. The van der Waals surface area contributed by atoms with E-state index >= 15 is 0 Å². The topological polar surface area (TPSA) is 93.7 Å². The number of methoxy groups -OCH3 is 1. The highest BCUT2D eigenvalue weighted by Gasteiger charge is 2.07. The Kier molecular flexibility index (Phi) is 7.84. The van der Waals surface area contributed by atoms with Crippen molar-refractivity contribution in [1.29, 1.82) is 0 Å². The Morgan fingerprint density at radius 3 is 2.30 bits per heavy atom. The minimum absolute atomic E-state index is 0.140. The Labute approximate surface area is 157 Å². The van der Waals surface area contributed by atoms with Crippen molar-refractivity contribution in [3.8, 4) is 0 Å². The fraction of sp³-hybridized carbons (Fsp3) is 0.250. The SMILES string of the molecule is COC(=O)CCc1ccc(NC(=O)CNC(=O)OCc2ccccc2)cc1. The molecule has 0 aliphatic rings. The number of benzene rings is 2. The third kappa shape index (κ3) is 7.60. The van der Waals surface area contributed by atoms with Gasteiger partial charge >= 0.3 is 12.1 Å². The average Bonchev–Trinajstić information content (AvgIpc) is 2.70. The molecule has 7 nitrogen and oxygen atoms in total. The van der Waals surface area contributed by atoms with Crippen molar-refractivity contribution in [3.63, 3.8) is 0 Å². The predicted molar refractivity (Wildman–Crippen MR) is 100 cm³/mol. The number of amides is 2. The zero-order valence-corrected chi connectivity index (χ0v) is 15.1. The van der Waals surface area contributed by atoms with Gasteiger partial charge in [-0.05, 0) is 29.7 Å². The lowest BCUT2D eigenvalue weighted by Gasteiger charge is -2.09. The normalized spacial score (nSPS) is 9.96. The van der Waals surface area contributed by atoms with Crippen molar-refractivity contribution in [1.82, 2.24) is 5.32 Å². The summed E-state index contributed by atoms with van der Waals surface area (Å²) in [6.07, 6.45) is 0.208. The second-order valence-electron chi connectivity index (χ2n) is 5.74. The largest absolute Gasteiger partial charge is 0.469 e. The fourth-order valence-corrected chi connectivity index (χ4v) is 2.23. The maximum absolute atomic E-state index is 11.9. The predicted octanol–water partition coefficient (Wildman–Crippen LogP) is 2.66. The van der Waals surface area contributed by atoms with E-state index in [1.54, 1.807) is 12.1 Å². The van der Waals surface area contributed by atoms with Gasteiger partial charge in [0.05, 0.1) is 7.11 Å². The molecule has 2 rings (SSSR count). The lowest BCUT2D eigenvalue weighted by Crippen LogP contribution is -2.33. The highest BCUT2D eigenvalue weighted by Crippen LogP contribution is 2.11. The third-order valence-corrected chi connectivity index (χ3v) is 3.69. The standard InChI is InChI=1S/C20H22N2O5/c1-26-19(24)12-9-15-7-10-17(11-8-15)22-18(23)13-21-20(25)27-14-16-5-3-2-4-6-16/h2-8,10-11H,9,12-14H2,1H3,(H,21,25)(H,22,23). The molecule has 2 amide bonds. The van der Waals surface area contributed by atoms with E-state index in [4.69, 9.17) is 4.74 Å². The number of hydrogen-bond acceptors (Lipinski definition) is 5. The number of aryl methyl sites for hydroxylation is 1. The molecule has 0 fully saturated rings. The summed E-state index contributed by atoms with van der Waals surface area (Å²) < 4.78 is 9.63. The van der Waals surface area contributed by atoms with E-state index in [-0.39, 0.29) is 25.0 Å². The number of carbonyl (C=O) groups is 3. The number of nitrogens with one attached hydrogen (secondary N) is 2. The molecule has 2 aromatic rings. The highest BCUT2D eigenvalue weighted by molar-refractivity contribution is 5.93. The third-order valence-electron chi connectivity index (χ3n) is 3.69. The van der Waals surface area contributed by atoms with E-state index in [1.807, 2.05) is 42.5 Å². The van der Waals surface area contributed by atoms with E-state index in [2.05, 4.69) is 15.4 Å². The number of anilines is 1. The van der Waals surface area contributed by atoms with Crippen molar-refractivity contribution in [2.24, 2.45) is 0 Å². The number of rotatable bonds is 8. The van der Waals surface area contributed by atoms with Gasteiger partial charge in [-0.1, -0.05) is 42.5 Å². The molecule has 7 heteroatoms. The van der Waals surface area contributed by atoms with E-state index in [9.17, 15) is 14.4 Å². The van der Waals surface area contributed by atoms with Gasteiger partial charge in [0.25, 0.3) is 0 Å². The lowest BCUT2D eigenvalue weighted by atomic mass is 10.1. The van der Waals surface area contributed by atoms with Crippen molar-refractivity contribution in [2.75, 3.05) is 19.0 Å². The van der Waals surface area contributed by atoms with Crippen LogP contribution in [-0.4, -0.2) is 31.6 Å². The molecule has 0 unspecified atom stereocenters. The molecular weight excluding hydrogens is 348 g/mol. The zero-order chi connectivity index (χ0) is 19.5. The number of carbonyl (C=O) groups excluding carboxylic acids is 3. The molecule has 0 heterocycles. The number of alkyl carbamates (subject to hydrolysis) is 1. The first-order valence-electron chi connectivity index (χ1n) is 8.47. The maximum Gasteiger partial charge on any atom is 0.407 e. The summed E-state index contributed by atoms with van der Waals surface area (Å²) >= 11 is 0. The lowest BCUT2D eigenvalue weighted by molar-refractivity contribution is -0.140. The summed E-state index contributed by atoms with van der Waals surface area (Å²) in [4.78, 5) is 34.6. The summed E-state index contributed by atoms with van der Waals surface area (Å²) in [7, 11) is 1.35. The van der Waals surface area contributed by atoms with E-state index < -0.39 is 6.09 Å². The van der Waals surface area contributed by atoms with Crippen LogP contribution < -0.4 is 10.6 Å².